The fourth-order valence-electron chi connectivity index (χ4n) is 1.43. The summed E-state index contributed by atoms with van der Waals surface area (Å²) in [5, 5.41) is 16.4. The standard InChI is InChI=1S/C10H11N3O2/c1-7(10(14)15)4-8-2-3-9-5-11-12-13(9)6-8/h2-3,5-7H,4H2,1H3,(H,14,15). The van der Waals surface area contributed by atoms with Crippen molar-refractivity contribution in [1.29, 1.82) is 0 Å². The Morgan fingerprint density at radius 2 is 2.40 bits per heavy atom. The number of carboxylic acids is 1. The van der Waals surface area contributed by atoms with Crippen LogP contribution in [-0.2, 0) is 11.2 Å². The van der Waals surface area contributed by atoms with Gasteiger partial charge in [-0.05, 0) is 18.1 Å². The molecule has 0 aromatic carbocycles. The highest BCUT2D eigenvalue weighted by Gasteiger charge is 2.11. The van der Waals surface area contributed by atoms with Gasteiger partial charge in [0.15, 0.2) is 0 Å². The number of aromatic nitrogens is 3. The van der Waals surface area contributed by atoms with Crippen molar-refractivity contribution in [3.05, 3.63) is 30.1 Å². The summed E-state index contributed by atoms with van der Waals surface area (Å²) in [6.45, 7) is 1.69. The molecule has 2 aromatic heterocycles. The molecule has 0 aliphatic carbocycles. The highest BCUT2D eigenvalue weighted by atomic mass is 16.4. The van der Waals surface area contributed by atoms with Crippen LogP contribution in [0.25, 0.3) is 5.52 Å². The zero-order chi connectivity index (χ0) is 10.8. The van der Waals surface area contributed by atoms with Gasteiger partial charge in [0, 0.05) is 6.20 Å². The summed E-state index contributed by atoms with van der Waals surface area (Å²) in [4.78, 5) is 10.7. The lowest BCUT2D eigenvalue weighted by atomic mass is 10.0. The first kappa shape index (κ1) is 9.64. The van der Waals surface area contributed by atoms with Crippen LogP contribution in [0.2, 0.25) is 0 Å². The number of pyridine rings is 1. The van der Waals surface area contributed by atoms with Gasteiger partial charge in [-0.25, -0.2) is 4.52 Å². The van der Waals surface area contributed by atoms with Crippen LogP contribution < -0.4 is 0 Å². The molecule has 0 radical (unpaired) electrons. The van der Waals surface area contributed by atoms with Crippen LogP contribution in [0.4, 0.5) is 0 Å². The number of nitrogens with zero attached hydrogens (tertiary/aromatic N) is 3. The first-order chi connectivity index (χ1) is 7.16. The van der Waals surface area contributed by atoms with E-state index >= 15 is 0 Å². The van der Waals surface area contributed by atoms with E-state index in [0.717, 1.165) is 11.1 Å². The van der Waals surface area contributed by atoms with E-state index in [1.54, 1.807) is 17.6 Å². The van der Waals surface area contributed by atoms with Gasteiger partial charge < -0.3 is 5.11 Å². The minimum atomic E-state index is -0.784. The summed E-state index contributed by atoms with van der Waals surface area (Å²) in [6, 6.07) is 3.78. The highest BCUT2D eigenvalue weighted by Crippen LogP contribution is 2.10. The molecule has 1 N–H and O–H groups in total. The van der Waals surface area contributed by atoms with E-state index in [-0.39, 0.29) is 5.92 Å². The summed E-state index contributed by atoms with van der Waals surface area (Å²) in [7, 11) is 0. The van der Waals surface area contributed by atoms with E-state index in [1.807, 2.05) is 18.3 Å². The Kier molecular flexibility index (Phi) is 2.37. The van der Waals surface area contributed by atoms with Crippen molar-refractivity contribution < 1.29 is 9.90 Å². The monoisotopic (exact) mass is 205 g/mol. The van der Waals surface area contributed by atoms with E-state index in [4.69, 9.17) is 5.11 Å². The van der Waals surface area contributed by atoms with Crippen LogP contribution in [0.15, 0.2) is 24.5 Å². The molecule has 2 aromatic rings. The fraction of sp³-hybridized carbons (Fsp3) is 0.300. The smallest absolute Gasteiger partial charge is 0.306 e. The van der Waals surface area contributed by atoms with Gasteiger partial charge in [-0.1, -0.05) is 18.2 Å². The predicted molar refractivity (Wildman–Crippen MR) is 53.5 cm³/mol. The van der Waals surface area contributed by atoms with E-state index < -0.39 is 5.97 Å². The van der Waals surface area contributed by atoms with E-state index in [1.165, 1.54) is 0 Å². The first-order valence-corrected chi connectivity index (χ1v) is 4.68. The number of hydrogen-bond acceptors (Lipinski definition) is 3. The molecule has 1 atom stereocenters. The molecule has 0 aliphatic heterocycles. The van der Waals surface area contributed by atoms with Gasteiger partial charge in [0.25, 0.3) is 0 Å². The maximum Gasteiger partial charge on any atom is 0.306 e. The summed E-state index contributed by atoms with van der Waals surface area (Å²) < 4.78 is 1.64. The van der Waals surface area contributed by atoms with Crippen LogP contribution >= 0.6 is 0 Å². The number of fused-ring (bicyclic) bond motifs is 1. The second-order valence-corrected chi connectivity index (χ2v) is 3.58. The topological polar surface area (TPSA) is 67.5 Å². The number of rotatable bonds is 3. The van der Waals surface area contributed by atoms with Crippen LogP contribution in [0.3, 0.4) is 0 Å². The lowest BCUT2D eigenvalue weighted by molar-refractivity contribution is -0.141. The van der Waals surface area contributed by atoms with Gasteiger partial charge >= 0.3 is 5.97 Å². The Morgan fingerprint density at radius 3 is 3.13 bits per heavy atom. The Balaban J connectivity index is 2.24. The zero-order valence-corrected chi connectivity index (χ0v) is 8.29. The van der Waals surface area contributed by atoms with E-state index in [0.29, 0.717) is 6.42 Å². The van der Waals surface area contributed by atoms with Gasteiger partial charge in [0.05, 0.1) is 17.6 Å². The van der Waals surface area contributed by atoms with Gasteiger partial charge in [-0.3, -0.25) is 4.79 Å². The van der Waals surface area contributed by atoms with Crippen LogP contribution in [-0.4, -0.2) is 25.9 Å². The highest BCUT2D eigenvalue weighted by molar-refractivity contribution is 5.69. The average Bonchev–Trinajstić information content (AvgIpc) is 2.64. The molecule has 2 rings (SSSR count). The molecule has 5 heteroatoms. The lowest BCUT2D eigenvalue weighted by Crippen LogP contribution is -2.12. The molecule has 78 valence electrons. The molecule has 0 aliphatic rings. The quantitative estimate of drug-likeness (QED) is 0.811. The largest absolute Gasteiger partial charge is 0.481 e. The molecule has 1 unspecified atom stereocenters. The Hall–Kier alpha value is -1.91. The van der Waals surface area contributed by atoms with Crippen LogP contribution in [0.5, 0.6) is 0 Å². The molecule has 0 bridgehead atoms. The number of aliphatic carboxylic acids is 1. The maximum atomic E-state index is 10.7. The molecule has 0 spiro atoms. The molecule has 0 fully saturated rings. The van der Waals surface area contributed by atoms with Crippen molar-refractivity contribution in [2.24, 2.45) is 5.92 Å². The summed E-state index contributed by atoms with van der Waals surface area (Å²) in [5.41, 5.74) is 1.85. The average molecular weight is 205 g/mol. The predicted octanol–water partition coefficient (Wildman–Crippen LogP) is 0.992. The van der Waals surface area contributed by atoms with Crippen LogP contribution in [0, 0.1) is 5.92 Å². The SMILES string of the molecule is CC(Cc1ccc2cnnn2c1)C(=O)O. The molecule has 5 nitrogen and oxygen atoms in total. The fourth-order valence-corrected chi connectivity index (χ4v) is 1.43. The summed E-state index contributed by atoms with van der Waals surface area (Å²) >= 11 is 0. The second-order valence-electron chi connectivity index (χ2n) is 3.58. The molecule has 0 saturated heterocycles. The van der Waals surface area contributed by atoms with E-state index in [9.17, 15) is 4.79 Å². The summed E-state index contributed by atoms with van der Waals surface area (Å²) in [5.74, 6) is -1.17. The Bertz CT molecular complexity index is 492. The van der Waals surface area contributed by atoms with Crippen LogP contribution in [0.1, 0.15) is 12.5 Å². The number of carboxylic acid groups (broad SMARTS) is 1. The molecule has 0 saturated carbocycles. The molecule has 2 heterocycles. The van der Waals surface area contributed by atoms with Crippen molar-refractivity contribution in [3.63, 3.8) is 0 Å². The Morgan fingerprint density at radius 1 is 1.60 bits per heavy atom. The van der Waals surface area contributed by atoms with Crippen molar-refractivity contribution >= 4 is 11.5 Å². The van der Waals surface area contributed by atoms with Gasteiger partial charge in [-0.15, -0.1) is 5.10 Å². The second kappa shape index (κ2) is 3.68. The minimum absolute atomic E-state index is 0.383. The number of hydrogen-bond donors (Lipinski definition) is 1. The summed E-state index contributed by atoms with van der Waals surface area (Å²) in [6.07, 6.45) is 3.97. The lowest BCUT2D eigenvalue weighted by Gasteiger charge is -2.05. The third-order valence-corrected chi connectivity index (χ3v) is 2.32. The normalized spacial score (nSPS) is 12.9. The molecule has 0 amide bonds. The van der Waals surface area contributed by atoms with Gasteiger partial charge in [0.1, 0.15) is 0 Å². The van der Waals surface area contributed by atoms with Crippen molar-refractivity contribution in [2.45, 2.75) is 13.3 Å². The number of carbonyl (C=O) groups is 1. The third kappa shape index (κ3) is 1.96. The maximum absolute atomic E-state index is 10.7. The zero-order valence-electron chi connectivity index (χ0n) is 8.29. The first-order valence-electron chi connectivity index (χ1n) is 4.68. The minimum Gasteiger partial charge on any atom is -0.481 e. The Labute approximate surface area is 86.3 Å². The van der Waals surface area contributed by atoms with Crippen molar-refractivity contribution in [3.8, 4) is 0 Å². The molecular weight excluding hydrogens is 194 g/mol. The van der Waals surface area contributed by atoms with E-state index in [2.05, 4.69) is 10.3 Å². The van der Waals surface area contributed by atoms with Gasteiger partial charge in [-0.2, -0.15) is 0 Å². The van der Waals surface area contributed by atoms with Gasteiger partial charge in [0.2, 0.25) is 0 Å². The van der Waals surface area contributed by atoms with Crippen molar-refractivity contribution in [1.82, 2.24) is 14.8 Å². The molecular formula is C10H11N3O2. The third-order valence-electron chi connectivity index (χ3n) is 2.32. The molecule has 15 heavy (non-hydrogen) atoms. The van der Waals surface area contributed by atoms with Crippen molar-refractivity contribution in [2.75, 3.05) is 0 Å².